The third-order valence-electron chi connectivity index (χ3n) is 2.71. The highest BCUT2D eigenvalue weighted by atomic mass is 16.6. The number of amides is 1. The van der Waals surface area contributed by atoms with Crippen LogP contribution in [0.15, 0.2) is 12.1 Å². The number of non-ortho nitro benzene ring substituents is 1. The maximum Gasteiger partial charge on any atom is 0.274 e. The molecule has 10 nitrogen and oxygen atoms in total. The molecule has 0 bridgehead atoms. The highest BCUT2D eigenvalue weighted by Gasteiger charge is 2.25. The third-order valence-corrected chi connectivity index (χ3v) is 2.71. The van der Waals surface area contributed by atoms with Crippen LogP contribution in [0, 0.1) is 10.1 Å². The second-order valence-corrected chi connectivity index (χ2v) is 3.87. The molecule has 1 aromatic heterocycles. The van der Waals surface area contributed by atoms with Crippen molar-refractivity contribution in [3.63, 3.8) is 0 Å². The largest absolute Gasteiger partial charge is 0.493 e. The van der Waals surface area contributed by atoms with Crippen molar-refractivity contribution >= 4 is 11.6 Å². The van der Waals surface area contributed by atoms with Gasteiger partial charge in [0.05, 0.1) is 30.8 Å². The molecular formula is C11H11N5O5. The molecule has 0 aliphatic rings. The van der Waals surface area contributed by atoms with E-state index in [2.05, 4.69) is 15.4 Å². The number of aromatic nitrogens is 3. The number of primary amides is 1. The number of benzene rings is 1. The van der Waals surface area contributed by atoms with E-state index in [-0.39, 0.29) is 34.1 Å². The van der Waals surface area contributed by atoms with Gasteiger partial charge < -0.3 is 15.2 Å². The first-order valence-electron chi connectivity index (χ1n) is 5.61. The van der Waals surface area contributed by atoms with Crippen LogP contribution >= 0.6 is 0 Å². The number of nitro benzene ring substituents is 1. The summed E-state index contributed by atoms with van der Waals surface area (Å²) in [7, 11) is 2.69. The summed E-state index contributed by atoms with van der Waals surface area (Å²) >= 11 is 0. The lowest BCUT2D eigenvalue weighted by Crippen LogP contribution is -2.13. The van der Waals surface area contributed by atoms with Crippen molar-refractivity contribution in [2.75, 3.05) is 14.2 Å². The molecule has 0 spiro atoms. The number of rotatable bonds is 5. The van der Waals surface area contributed by atoms with Crippen molar-refractivity contribution in [2.24, 2.45) is 5.73 Å². The lowest BCUT2D eigenvalue weighted by atomic mass is 10.1. The minimum Gasteiger partial charge on any atom is -0.493 e. The van der Waals surface area contributed by atoms with Crippen molar-refractivity contribution in [3.05, 3.63) is 27.9 Å². The Morgan fingerprint density at radius 1 is 1.33 bits per heavy atom. The Bertz CT molecular complexity index is 711. The number of methoxy groups -OCH3 is 2. The summed E-state index contributed by atoms with van der Waals surface area (Å²) in [5.41, 5.74) is 5.00. The molecule has 1 aromatic carbocycles. The van der Waals surface area contributed by atoms with Gasteiger partial charge in [-0.05, 0) is 0 Å². The first-order valence-corrected chi connectivity index (χ1v) is 5.61. The standard InChI is InChI=1S/C11H11N5O5/c1-20-7-4-5(16(18)19)3-6(10(7)21-2)8-9(11(12)17)14-15-13-8/h3-4H,1-2H3,(H2,12,17)(H,13,14,15). The Morgan fingerprint density at radius 2 is 2.05 bits per heavy atom. The fourth-order valence-electron chi connectivity index (χ4n) is 1.82. The van der Waals surface area contributed by atoms with E-state index in [1.54, 1.807) is 0 Å². The lowest BCUT2D eigenvalue weighted by Gasteiger charge is -2.11. The van der Waals surface area contributed by atoms with Gasteiger partial charge in [-0.2, -0.15) is 15.4 Å². The first kappa shape index (κ1) is 14.2. The van der Waals surface area contributed by atoms with Crippen molar-refractivity contribution < 1.29 is 19.2 Å². The number of ether oxygens (including phenoxy) is 2. The van der Waals surface area contributed by atoms with Crippen LogP contribution in [-0.4, -0.2) is 40.5 Å². The van der Waals surface area contributed by atoms with Gasteiger partial charge in [-0.1, -0.05) is 0 Å². The van der Waals surface area contributed by atoms with Crippen LogP contribution in [0.25, 0.3) is 11.3 Å². The molecule has 0 aliphatic carbocycles. The van der Waals surface area contributed by atoms with E-state index in [1.165, 1.54) is 26.4 Å². The number of nitrogens with zero attached hydrogens (tertiary/aromatic N) is 3. The Balaban J connectivity index is 2.76. The van der Waals surface area contributed by atoms with E-state index in [1.807, 2.05) is 0 Å². The minimum atomic E-state index is -0.828. The minimum absolute atomic E-state index is 0.0429. The normalized spacial score (nSPS) is 10.2. The zero-order valence-corrected chi connectivity index (χ0v) is 11.1. The van der Waals surface area contributed by atoms with Gasteiger partial charge >= 0.3 is 0 Å². The summed E-state index contributed by atoms with van der Waals surface area (Å²) in [6.45, 7) is 0. The number of hydrogen-bond donors (Lipinski definition) is 2. The number of nitro groups is 1. The van der Waals surface area contributed by atoms with E-state index in [0.717, 1.165) is 0 Å². The number of H-pyrrole nitrogens is 1. The molecule has 110 valence electrons. The van der Waals surface area contributed by atoms with Gasteiger partial charge in [0.1, 0.15) is 5.69 Å². The molecule has 10 heteroatoms. The SMILES string of the molecule is COc1cc([N+](=O)[O-])cc(-c2n[nH]nc2C(N)=O)c1OC. The number of carbonyl (C=O) groups excluding carboxylic acids is 1. The van der Waals surface area contributed by atoms with Crippen LogP contribution in [0.2, 0.25) is 0 Å². The second kappa shape index (κ2) is 5.45. The lowest BCUT2D eigenvalue weighted by molar-refractivity contribution is -0.384. The topological polar surface area (TPSA) is 146 Å². The molecule has 0 saturated heterocycles. The molecule has 0 saturated carbocycles. The highest BCUT2D eigenvalue weighted by molar-refractivity contribution is 5.97. The monoisotopic (exact) mass is 293 g/mol. The first-order chi connectivity index (χ1) is 9.99. The van der Waals surface area contributed by atoms with Crippen molar-refractivity contribution in [3.8, 4) is 22.8 Å². The molecule has 2 rings (SSSR count). The summed E-state index contributed by atoms with van der Waals surface area (Å²) in [6, 6.07) is 2.40. The van der Waals surface area contributed by atoms with Crippen molar-refractivity contribution in [1.82, 2.24) is 15.4 Å². The summed E-state index contributed by atoms with van der Waals surface area (Å²) in [5, 5.41) is 20.6. The predicted molar refractivity (Wildman–Crippen MR) is 70.1 cm³/mol. The molecule has 1 amide bonds. The van der Waals surface area contributed by atoms with Crippen molar-refractivity contribution in [1.29, 1.82) is 0 Å². The third kappa shape index (κ3) is 2.45. The van der Waals surface area contributed by atoms with E-state index in [0.29, 0.717) is 0 Å². The molecule has 2 aromatic rings. The van der Waals surface area contributed by atoms with E-state index in [4.69, 9.17) is 15.2 Å². The van der Waals surface area contributed by atoms with Gasteiger partial charge in [0, 0.05) is 6.07 Å². The smallest absolute Gasteiger partial charge is 0.274 e. The molecule has 0 aliphatic heterocycles. The highest BCUT2D eigenvalue weighted by Crippen LogP contribution is 2.41. The molecular weight excluding hydrogens is 282 g/mol. The van der Waals surface area contributed by atoms with Gasteiger partial charge in [0.25, 0.3) is 11.6 Å². The fourth-order valence-corrected chi connectivity index (χ4v) is 1.82. The number of nitrogens with one attached hydrogen (secondary N) is 1. The number of nitrogens with two attached hydrogens (primary N) is 1. The van der Waals surface area contributed by atoms with Gasteiger partial charge in [-0.3, -0.25) is 14.9 Å². The van der Waals surface area contributed by atoms with E-state index in [9.17, 15) is 14.9 Å². The Kier molecular flexibility index (Phi) is 3.69. The molecule has 21 heavy (non-hydrogen) atoms. The van der Waals surface area contributed by atoms with Crippen LogP contribution in [0.3, 0.4) is 0 Å². The quantitative estimate of drug-likeness (QED) is 0.602. The number of hydrogen-bond acceptors (Lipinski definition) is 7. The average Bonchev–Trinajstić information content (AvgIpc) is 2.94. The van der Waals surface area contributed by atoms with Crippen LogP contribution in [0.4, 0.5) is 5.69 Å². The molecule has 0 radical (unpaired) electrons. The van der Waals surface area contributed by atoms with Crippen LogP contribution in [-0.2, 0) is 0 Å². The van der Waals surface area contributed by atoms with E-state index >= 15 is 0 Å². The maximum absolute atomic E-state index is 11.3. The maximum atomic E-state index is 11.3. The molecule has 0 unspecified atom stereocenters. The Morgan fingerprint density at radius 3 is 2.57 bits per heavy atom. The van der Waals surface area contributed by atoms with Crippen LogP contribution < -0.4 is 15.2 Å². The zero-order chi connectivity index (χ0) is 15.6. The molecule has 3 N–H and O–H groups in total. The van der Waals surface area contributed by atoms with Crippen molar-refractivity contribution in [2.45, 2.75) is 0 Å². The Labute approximate surface area is 118 Å². The van der Waals surface area contributed by atoms with Gasteiger partial charge in [-0.15, -0.1) is 0 Å². The predicted octanol–water partition coefficient (Wildman–Crippen LogP) is 0.496. The van der Waals surface area contributed by atoms with Gasteiger partial charge in [0.15, 0.2) is 17.2 Å². The van der Waals surface area contributed by atoms with E-state index < -0.39 is 10.8 Å². The average molecular weight is 293 g/mol. The molecule has 0 atom stereocenters. The summed E-state index contributed by atoms with van der Waals surface area (Å²) in [4.78, 5) is 21.7. The summed E-state index contributed by atoms with van der Waals surface area (Å²) in [6.07, 6.45) is 0. The Hall–Kier alpha value is -3.17. The summed E-state index contributed by atoms with van der Waals surface area (Å²) < 4.78 is 10.2. The van der Waals surface area contributed by atoms with Crippen LogP contribution in [0.5, 0.6) is 11.5 Å². The molecule has 1 heterocycles. The zero-order valence-electron chi connectivity index (χ0n) is 11.1. The summed E-state index contributed by atoms with van der Waals surface area (Å²) in [5.74, 6) is -0.522. The number of carbonyl (C=O) groups is 1. The second-order valence-electron chi connectivity index (χ2n) is 3.87. The number of aromatic amines is 1. The fraction of sp³-hybridized carbons (Fsp3) is 0.182. The molecule has 0 fully saturated rings. The van der Waals surface area contributed by atoms with Crippen LogP contribution in [0.1, 0.15) is 10.5 Å². The van der Waals surface area contributed by atoms with Gasteiger partial charge in [-0.25, -0.2) is 0 Å². The van der Waals surface area contributed by atoms with Gasteiger partial charge in [0.2, 0.25) is 0 Å².